The Morgan fingerprint density at radius 3 is 2.32 bits per heavy atom. The zero-order valence-corrected chi connectivity index (χ0v) is 17.9. The molecule has 0 aliphatic rings. The molecule has 2 unspecified atom stereocenters. The van der Waals surface area contributed by atoms with Crippen molar-refractivity contribution in [1.29, 1.82) is 0 Å². The van der Waals surface area contributed by atoms with Gasteiger partial charge in [0, 0.05) is 19.0 Å². The molecule has 154 valence electrons. The molecular formula is C20H28ClN3O3S. The number of carbonyl (C=O) groups excluding carboxylic acids is 1. The molecular weight excluding hydrogens is 398 g/mol. The van der Waals surface area contributed by atoms with Crippen LogP contribution in [-0.2, 0) is 14.8 Å². The van der Waals surface area contributed by atoms with Crippen molar-refractivity contribution in [3.8, 4) is 0 Å². The van der Waals surface area contributed by atoms with E-state index in [1.807, 2.05) is 43.3 Å². The number of hydrogen-bond acceptors (Lipinski definition) is 4. The van der Waals surface area contributed by atoms with Crippen molar-refractivity contribution in [3.63, 3.8) is 0 Å². The van der Waals surface area contributed by atoms with E-state index in [-0.39, 0.29) is 42.2 Å². The maximum absolute atomic E-state index is 12.7. The van der Waals surface area contributed by atoms with Gasteiger partial charge in [0.15, 0.2) is 0 Å². The number of hydrogen-bond donors (Lipinski definition) is 3. The Morgan fingerprint density at radius 2 is 1.75 bits per heavy atom. The lowest BCUT2D eigenvalue weighted by Crippen LogP contribution is -2.41. The quantitative estimate of drug-likeness (QED) is 0.604. The van der Waals surface area contributed by atoms with E-state index >= 15 is 0 Å². The number of nitrogens with two attached hydrogens (primary N) is 1. The minimum Gasteiger partial charge on any atom is -0.348 e. The molecule has 2 aromatic rings. The van der Waals surface area contributed by atoms with Crippen LogP contribution in [0.5, 0.6) is 0 Å². The highest BCUT2D eigenvalue weighted by atomic mass is 35.5. The maximum Gasteiger partial charge on any atom is 0.240 e. The summed E-state index contributed by atoms with van der Waals surface area (Å²) in [6.07, 6.45) is 0. The van der Waals surface area contributed by atoms with Crippen LogP contribution < -0.4 is 15.8 Å². The fourth-order valence-electron chi connectivity index (χ4n) is 2.73. The van der Waals surface area contributed by atoms with Crippen molar-refractivity contribution in [2.45, 2.75) is 31.7 Å². The largest absolute Gasteiger partial charge is 0.348 e. The van der Waals surface area contributed by atoms with E-state index in [0.717, 1.165) is 11.1 Å². The molecule has 0 bridgehead atoms. The first-order chi connectivity index (χ1) is 12.7. The van der Waals surface area contributed by atoms with Crippen LogP contribution in [-0.4, -0.2) is 27.4 Å². The predicted molar refractivity (Wildman–Crippen MR) is 114 cm³/mol. The Balaban J connectivity index is 0.00000392. The fraction of sp³-hybridized carbons (Fsp3) is 0.350. The third-order valence-electron chi connectivity index (χ3n) is 4.42. The summed E-state index contributed by atoms with van der Waals surface area (Å²) in [6, 6.07) is 14.0. The summed E-state index contributed by atoms with van der Waals surface area (Å²) in [7, 11) is -3.70. The summed E-state index contributed by atoms with van der Waals surface area (Å²) in [6.45, 7) is 5.68. The van der Waals surface area contributed by atoms with E-state index in [1.54, 1.807) is 26.0 Å². The molecule has 2 aromatic carbocycles. The Morgan fingerprint density at radius 1 is 1.11 bits per heavy atom. The molecule has 6 nitrogen and oxygen atoms in total. The summed E-state index contributed by atoms with van der Waals surface area (Å²) >= 11 is 0. The highest BCUT2D eigenvalue weighted by Gasteiger charge is 2.22. The number of halogens is 1. The lowest BCUT2D eigenvalue weighted by atomic mass is 10.1. The van der Waals surface area contributed by atoms with Crippen LogP contribution in [0.1, 0.15) is 29.7 Å². The lowest BCUT2D eigenvalue weighted by Gasteiger charge is -2.22. The molecule has 2 rings (SSSR count). The molecule has 0 aromatic heterocycles. The van der Waals surface area contributed by atoms with Gasteiger partial charge in [0.25, 0.3) is 0 Å². The number of rotatable bonds is 8. The van der Waals surface area contributed by atoms with Crippen molar-refractivity contribution in [2.75, 3.05) is 13.1 Å². The van der Waals surface area contributed by atoms with E-state index in [9.17, 15) is 13.2 Å². The number of nitrogens with one attached hydrogen (secondary N) is 2. The minimum atomic E-state index is -3.70. The highest BCUT2D eigenvalue weighted by molar-refractivity contribution is 7.89. The second-order valence-electron chi connectivity index (χ2n) is 6.73. The minimum absolute atomic E-state index is 0. The Hall–Kier alpha value is -1.93. The number of benzene rings is 2. The van der Waals surface area contributed by atoms with Gasteiger partial charge in [-0.3, -0.25) is 4.79 Å². The van der Waals surface area contributed by atoms with Crippen LogP contribution in [0, 0.1) is 19.8 Å². The van der Waals surface area contributed by atoms with Crippen LogP contribution in [0.15, 0.2) is 53.4 Å². The maximum atomic E-state index is 12.7. The lowest BCUT2D eigenvalue weighted by molar-refractivity contribution is -0.124. The van der Waals surface area contributed by atoms with Gasteiger partial charge in [-0.25, -0.2) is 13.1 Å². The molecule has 0 heterocycles. The highest BCUT2D eigenvalue weighted by Crippen LogP contribution is 2.18. The topological polar surface area (TPSA) is 101 Å². The number of aryl methyl sites for hydroxylation is 2. The van der Waals surface area contributed by atoms with Gasteiger partial charge in [0.1, 0.15) is 0 Å². The molecule has 28 heavy (non-hydrogen) atoms. The fourth-order valence-corrected chi connectivity index (χ4v) is 4.00. The molecule has 0 aliphatic heterocycles. The molecule has 8 heteroatoms. The Labute approximate surface area is 173 Å². The molecule has 0 saturated heterocycles. The Kier molecular flexibility index (Phi) is 9.10. The van der Waals surface area contributed by atoms with Gasteiger partial charge in [-0.1, -0.05) is 55.0 Å². The summed E-state index contributed by atoms with van der Waals surface area (Å²) in [5, 5.41) is 2.89. The first-order valence-corrected chi connectivity index (χ1v) is 10.3. The van der Waals surface area contributed by atoms with Gasteiger partial charge in [-0.05, 0) is 31.0 Å². The molecule has 0 saturated carbocycles. The molecule has 0 spiro atoms. The van der Waals surface area contributed by atoms with Gasteiger partial charge in [0.05, 0.1) is 10.9 Å². The Bertz CT molecular complexity index is 889. The summed E-state index contributed by atoms with van der Waals surface area (Å²) in [4.78, 5) is 12.5. The first-order valence-electron chi connectivity index (χ1n) is 8.87. The standard InChI is InChI=1S/C20H27N3O3S.ClH/c1-14-9-10-19(15(2)11-14)27(25,26)22-13-18(17-7-5-4-6-8-17)23-20(24)16(3)12-21;/h4-11,16,18,22H,12-13,21H2,1-3H3,(H,23,24);1H. The van der Waals surface area contributed by atoms with E-state index in [1.165, 1.54) is 0 Å². The number of carbonyl (C=O) groups is 1. The molecule has 0 fully saturated rings. The van der Waals surface area contributed by atoms with E-state index in [4.69, 9.17) is 5.73 Å². The molecule has 1 amide bonds. The van der Waals surface area contributed by atoms with Crippen molar-refractivity contribution >= 4 is 28.3 Å². The van der Waals surface area contributed by atoms with Gasteiger partial charge in [-0.2, -0.15) is 0 Å². The normalized spacial score (nSPS) is 13.3. The number of sulfonamides is 1. The first kappa shape index (κ1) is 24.1. The van der Waals surface area contributed by atoms with Gasteiger partial charge >= 0.3 is 0 Å². The molecule has 2 atom stereocenters. The monoisotopic (exact) mass is 425 g/mol. The third-order valence-corrected chi connectivity index (χ3v) is 6.00. The van der Waals surface area contributed by atoms with Crippen LogP contribution in [0.3, 0.4) is 0 Å². The van der Waals surface area contributed by atoms with Crippen molar-refractivity contribution in [1.82, 2.24) is 10.0 Å². The van der Waals surface area contributed by atoms with Crippen LogP contribution in [0.25, 0.3) is 0 Å². The zero-order valence-electron chi connectivity index (χ0n) is 16.3. The number of amides is 1. The summed E-state index contributed by atoms with van der Waals surface area (Å²) < 4.78 is 28.1. The SMILES string of the molecule is Cc1ccc(S(=O)(=O)NCC(NC(=O)C(C)CN)c2ccccc2)c(C)c1.Cl. The van der Waals surface area contributed by atoms with Crippen molar-refractivity contribution in [3.05, 3.63) is 65.2 Å². The summed E-state index contributed by atoms with van der Waals surface area (Å²) in [5.74, 6) is -0.566. The molecule has 0 radical (unpaired) electrons. The van der Waals surface area contributed by atoms with E-state index in [2.05, 4.69) is 10.0 Å². The predicted octanol–water partition coefficient (Wildman–Crippen LogP) is 2.46. The van der Waals surface area contributed by atoms with Gasteiger partial charge < -0.3 is 11.1 Å². The second kappa shape index (κ2) is 10.6. The average molecular weight is 426 g/mol. The van der Waals surface area contributed by atoms with Gasteiger partial charge in [0.2, 0.25) is 15.9 Å². The van der Waals surface area contributed by atoms with E-state index < -0.39 is 16.1 Å². The van der Waals surface area contributed by atoms with Crippen molar-refractivity contribution in [2.24, 2.45) is 11.7 Å². The third kappa shape index (κ3) is 6.31. The van der Waals surface area contributed by atoms with Gasteiger partial charge in [-0.15, -0.1) is 12.4 Å². The molecule has 0 aliphatic carbocycles. The zero-order chi connectivity index (χ0) is 20.0. The smallest absolute Gasteiger partial charge is 0.240 e. The average Bonchev–Trinajstić information content (AvgIpc) is 2.64. The van der Waals surface area contributed by atoms with Crippen molar-refractivity contribution < 1.29 is 13.2 Å². The summed E-state index contributed by atoms with van der Waals surface area (Å²) in [5.41, 5.74) is 8.06. The molecule has 4 N–H and O–H groups in total. The van der Waals surface area contributed by atoms with Crippen LogP contribution in [0.2, 0.25) is 0 Å². The van der Waals surface area contributed by atoms with Crippen LogP contribution in [0.4, 0.5) is 0 Å². The second-order valence-corrected chi connectivity index (χ2v) is 8.46. The van der Waals surface area contributed by atoms with E-state index in [0.29, 0.717) is 5.56 Å². The van der Waals surface area contributed by atoms with Crippen LogP contribution >= 0.6 is 12.4 Å².